The number of rotatable bonds is 4. The Kier molecular flexibility index (Phi) is 4.18. The SMILES string of the molecule is CCc1cc(Oc2ncccc2CN)ccc1Cl. The second-order valence-electron chi connectivity index (χ2n) is 3.88. The van der Waals surface area contributed by atoms with E-state index in [9.17, 15) is 0 Å². The minimum Gasteiger partial charge on any atom is -0.439 e. The van der Waals surface area contributed by atoms with Crippen LogP contribution in [0, 0.1) is 0 Å². The highest BCUT2D eigenvalue weighted by atomic mass is 35.5. The van der Waals surface area contributed by atoms with Crippen molar-refractivity contribution < 1.29 is 4.74 Å². The Bertz CT molecular complexity index is 543. The number of halogens is 1. The third kappa shape index (κ3) is 2.81. The lowest BCUT2D eigenvalue weighted by Gasteiger charge is -2.10. The quantitative estimate of drug-likeness (QED) is 0.917. The Balaban J connectivity index is 2.28. The van der Waals surface area contributed by atoms with E-state index in [-0.39, 0.29) is 0 Å². The summed E-state index contributed by atoms with van der Waals surface area (Å²) in [5.74, 6) is 1.27. The van der Waals surface area contributed by atoms with E-state index in [4.69, 9.17) is 22.1 Å². The third-order valence-electron chi connectivity index (χ3n) is 2.68. The smallest absolute Gasteiger partial charge is 0.223 e. The molecule has 0 aliphatic rings. The molecule has 0 radical (unpaired) electrons. The number of ether oxygens (including phenoxy) is 1. The summed E-state index contributed by atoms with van der Waals surface area (Å²) in [4.78, 5) is 4.19. The number of nitrogens with two attached hydrogens (primary N) is 1. The molecule has 18 heavy (non-hydrogen) atoms. The maximum Gasteiger partial charge on any atom is 0.223 e. The van der Waals surface area contributed by atoms with E-state index < -0.39 is 0 Å². The fourth-order valence-corrected chi connectivity index (χ4v) is 1.92. The molecule has 2 N–H and O–H groups in total. The summed E-state index contributed by atoms with van der Waals surface area (Å²) in [6.07, 6.45) is 2.55. The predicted molar refractivity (Wildman–Crippen MR) is 73.0 cm³/mol. The molecule has 1 heterocycles. The molecule has 0 aliphatic heterocycles. The molecule has 3 nitrogen and oxygen atoms in total. The summed E-state index contributed by atoms with van der Waals surface area (Å²) in [5, 5.41) is 0.755. The van der Waals surface area contributed by atoms with Gasteiger partial charge in [-0.15, -0.1) is 0 Å². The van der Waals surface area contributed by atoms with Gasteiger partial charge in [0.25, 0.3) is 0 Å². The van der Waals surface area contributed by atoms with Gasteiger partial charge in [0.05, 0.1) is 0 Å². The van der Waals surface area contributed by atoms with Gasteiger partial charge in [0.2, 0.25) is 5.88 Å². The van der Waals surface area contributed by atoms with Crippen molar-refractivity contribution in [2.75, 3.05) is 0 Å². The molecule has 2 aromatic rings. The van der Waals surface area contributed by atoms with E-state index in [0.717, 1.165) is 28.3 Å². The molecule has 1 aromatic carbocycles. The van der Waals surface area contributed by atoms with E-state index in [2.05, 4.69) is 11.9 Å². The standard InChI is InChI=1S/C14H15ClN2O/c1-2-10-8-12(5-6-13(10)15)18-14-11(9-16)4-3-7-17-14/h3-8H,2,9,16H2,1H3. The molecule has 0 unspecified atom stereocenters. The summed E-state index contributed by atoms with van der Waals surface area (Å²) < 4.78 is 5.75. The summed E-state index contributed by atoms with van der Waals surface area (Å²) in [6, 6.07) is 9.34. The zero-order valence-electron chi connectivity index (χ0n) is 10.2. The lowest BCUT2D eigenvalue weighted by molar-refractivity contribution is 0.456. The van der Waals surface area contributed by atoms with Crippen molar-refractivity contribution in [1.29, 1.82) is 0 Å². The lowest BCUT2D eigenvalue weighted by Crippen LogP contribution is -2.01. The summed E-state index contributed by atoms with van der Waals surface area (Å²) in [5.41, 5.74) is 7.58. The minimum atomic E-state index is 0.400. The summed E-state index contributed by atoms with van der Waals surface area (Å²) >= 11 is 6.07. The van der Waals surface area contributed by atoms with E-state index >= 15 is 0 Å². The monoisotopic (exact) mass is 262 g/mol. The third-order valence-corrected chi connectivity index (χ3v) is 3.05. The number of hydrogen-bond donors (Lipinski definition) is 1. The maximum absolute atomic E-state index is 6.07. The number of aromatic nitrogens is 1. The Morgan fingerprint density at radius 3 is 2.83 bits per heavy atom. The van der Waals surface area contributed by atoms with Crippen LogP contribution in [-0.4, -0.2) is 4.98 Å². The first kappa shape index (κ1) is 12.9. The number of benzene rings is 1. The lowest BCUT2D eigenvalue weighted by atomic mass is 10.1. The zero-order chi connectivity index (χ0) is 13.0. The molecule has 0 saturated heterocycles. The van der Waals surface area contributed by atoms with Crippen LogP contribution in [0.4, 0.5) is 0 Å². The van der Waals surface area contributed by atoms with Gasteiger partial charge in [0.1, 0.15) is 5.75 Å². The summed E-state index contributed by atoms with van der Waals surface area (Å²) in [6.45, 7) is 2.45. The summed E-state index contributed by atoms with van der Waals surface area (Å²) in [7, 11) is 0. The average molecular weight is 263 g/mol. The highest BCUT2D eigenvalue weighted by Crippen LogP contribution is 2.27. The molecule has 0 fully saturated rings. The second-order valence-corrected chi connectivity index (χ2v) is 4.29. The maximum atomic E-state index is 6.07. The number of aryl methyl sites for hydroxylation is 1. The Morgan fingerprint density at radius 1 is 1.28 bits per heavy atom. The van der Waals surface area contributed by atoms with Crippen molar-refractivity contribution in [2.45, 2.75) is 19.9 Å². The van der Waals surface area contributed by atoms with Gasteiger partial charge in [0, 0.05) is 23.3 Å². The Labute approximate surface area is 112 Å². The molecule has 0 aliphatic carbocycles. The van der Waals surface area contributed by atoms with Crippen LogP contribution in [0.2, 0.25) is 5.02 Å². The largest absolute Gasteiger partial charge is 0.439 e. The van der Waals surface area contributed by atoms with Gasteiger partial charge < -0.3 is 10.5 Å². The molecule has 0 atom stereocenters. The van der Waals surface area contributed by atoms with Crippen LogP contribution in [0.25, 0.3) is 0 Å². The van der Waals surface area contributed by atoms with Crippen LogP contribution < -0.4 is 10.5 Å². The fraction of sp³-hybridized carbons (Fsp3) is 0.214. The fourth-order valence-electron chi connectivity index (χ4n) is 1.67. The molecule has 2 rings (SSSR count). The molecule has 0 amide bonds. The molecule has 0 saturated carbocycles. The minimum absolute atomic E-state index is 0.400. The van der Waals surface area contributed by atoms with Crippen molar-refractivity contribution >= 4 is 11.6 Å². The predicted octanol–water partition coefficient (Wildman–Crippen LogP) is 3.55. The van der Waals surface area contributed by atoms with Crippen LogP contribution in [0.1, 0.15) is 18.1 Å². The van der Waals surface area contributed by atoms with Gasteiger partial charge >= 0.3 is 0 Å². The second kappa shape index (κ2) is 5.85. The first-order chi connectivity index (χ1) is 8.74. The van der Waals surface area contributed by atoms with Gasteiger partial charge in [-0.25, -0.2) is 4.98 Å². The number of hydrogen-bond acceptors (Lipinski definition) is 3. The molecule has 4 heteroatoms. The molecule has 94 valence electrons. The molecule has 1 aromatic heterocycles. The topological polar surface area (TPSA) is 48.1 Å². The van der Waals surface area contributed by atoms with E-state index in [1.807, 2.05) is 30.3 Å². The van der Waals surface area contributed by atoms with Gasteiger partial charge in [-0.2, -0.15) is 0 Å². The van der Waals surface area contributed by atoms with Gasteiger partial charge in [0.15, 0.2) is 0 Å². The van der Waals surface area contributed by atoms with Gasteiger partial charge in [-0.05, 0) is 36.2 Å². The van der Waals surface area contributed by atoms with Crippen molar-refractivity contribution in [3.63, 3.8) is 0 Å². The van der Waals surface area contributed by atoms with Crippen LogP contribution in [-0.2, 0) is 13.0 Å². The highest BCUT2D eigenvalue weighted by molar-refractivity contribution is 6.31. The van der Waals surface area contributed by atoms with Crippen molar-refractivity contribution in [3.05, 3.63) is 52.7 Å². The Morgan fingerprint density at radius 2 is 2.11 bits per heavy atom. The average Bonchev–Trinajstić information content (AvgIpc) is 2.41. The molecular formula is C14H15ClN2O. The zero-order valence-corrected chi connectivity index (χ0v) is 10.9. The van der Waals surface area contributed by atoms with Crippen molar-refractivity contribution in [2.24, 2.45) is 5.73 Å². The molecule has 0 bridgehead atoms. The Hall–Kier alpha value is -1.58. The first-order valence-corrected chi connectivity index (χ1v) is 6.22. The number of nitrogens with zero attached hydrogens (tertiary/aromatic N) is 1. The highest BCUT2D eigenvalue weighted by Gasteiger charge is 2.06. The van der Waals surface area contributed by atoms with Crippen molar-refractivity contribution in [1.82, 2.24) is 4.98 Å². The van der Waals surface area contributed by atoms with Crippen molar-refractivity contribution in [3.8, 4) is 11.6 Å². The van der Waals surface area contributed by atoms with E-state index in [0.29, 0.717) is 12.4 Å². The molecular weight excluding hydrogens is 248 g/mol. The van der Waals surface area contributed by atoms with Crippen LogP contribution in [0.3, 0.4) is 0 Å². The van der Waals surface area contributed by atoms with Gasteiger partial charge in [-0.3, -0.25) is 0 Å². The van der Waals surface area contributed by atoms with Crippen LogP contribution in [0.5, 0.6) is 11.6 Å². The van der Waals surface area contributed by atoms with Gasteiger partial charge in [-0.1, -0.05) is 24.6 Å². The van der Waals surface area contributed by atoms with E-state index in [1.165, 1.54) is 0 Å². The molecule has 0 spiro atoms. The first-order valence-electron chi connectivity index (χ1n) is 5.84. The van der Waals surface area contributed by atoms with Crippen LogP contribution >= 0.6 is 11.6 Å². The van der Waals surface area contributed by atoms with E-state index in [1.54, 1.807) is 6.20 Å². The number of pyridine rings is 1. The normalized spacial score (nSPS) is 10.4. The van der Waals surface area contributed by atoms with Crippen LogP contribution in [0.15, 0.2) is 36.5 Å².